The number of aliphatic hydroxyl groups is 1. The fraction of sp³-hybridized carbons (Fsp3) is 0.238. The van der Waals surface area contributed by atoms with Crippen LogP contribution in [0.25, 0.3) is 16.9 Å². The van der Waals surface area contributed by atoms with Crippen LogP contribution in [0.3, 0.4) is 0 Å². The lowest BCUT2D eigenvalue weighted by Crippen LogP contribution is -2.30. The summed E-state index contributed by atoms with van der Waals surface area (Å²) in [5.74, 6) is -0.735. The van der Waals surface area contributed by atoms with Gasteiger partial charge in [-0.2, -0.15) is 18.3 Å². The van der Waals surface area contributed by atoms with Crippen molar-refractivity contribution in [1.29, 1.82) is 0 Å². The molecule has 3 aromatic rings. The number of carbonyl (C=O) groups is 1. The van der Waals surface area contributed by atoms with E-state index >= 15 is 0 Å². The summed E-state index contributed by atoms with van der Waals surface area (Å²) in [5, 5.41) is 13.4. The number of alkyl halides is 3. The molecule has 0 saturated heterocycles. The maximum atomic E-state index is 13.4. The summed E-state index contributed by atoms with van der Waals surface area (Å²) >= 11 is 1.48. The highest BCUT2D eigenvalue weighted by molar-refractivity contribution is 7.98. The second-order valence-corrected chi connectivity index (χ2v) is 9.42. The van der Waals surface area contributed by atoms with Gasteiger partial charge in [0.1, 0.15) is 0 Å². The summed E-state index contributed by atoms with van der Waals surface area (Å²) in [6, 6.07) is 11.3. The SMILES string of the molecule is CCC(=O)NS(=O)(=O)c1ccc(-n2nc(C(F)(F)F)cc2-c2ccc(SC)cc2)cc1CO. The normalized spacial score (nSPS) is 12.1. The summed E-state index contributed by atoms with van der Waals surface area (Å²) in [4.78, 5) is 12.1. The average molecular weight is 500 g/mol. The Morgan fingerprint density at radius 1 is 1.15 bits per heavy atom. The molecule has 0 aliphatic heterocycles. The third-order valence-electron chi connectivity index (χ3n) is 4.70. The molecule has 0 spiro atoms. The Kier molecular flexibility index (Phi) is 7.20. The Labute approximate surface area is 192 Å². The Balaban J connectivity index is 2.15. The number of nitrogens with zero attached hydrogens (tertiary/aromatic N) is 2. The van der Waals surface area contributed by atoms with Gasteiger partial charge >= 0.3 is 6.18 Å². The summed E-state index contributed by atoms with van der Waals surface area (Å²) in [5.41, 5.74) is -0.512. The smallest absolute Gasteiger partial charge is 0.392 e. The molecule has 0 radical (unpaired) electrons. The number of aliphatic hydroxyl groups excluding tert-OH is 1. The third kappa shape index (κ3) is 5.40. The fourth-order valence-corrected chi connectivity index (χ4v) is 4.72. The standard InChI is InChI=1S/C21H20F3N3O4S2/c1-3-20(29)26-33(30,31)18-9-6-15(10-14(18)12-28)27-17(11-19(25-27)21(22,23)24)13-4-7-16(32-2)8-5-13/h4-11,28H,3,12H2,1-2H3,(H,26,29). The molecule has 1 aromatic heterocycles. The number of aromatic nitrogens is 2. The number of rotatable bonds is 7. The van der Waals surface area contributed by atoms with Gasteiger partial charge in [0.05, 0.1) is 22.9 Å². The van der Waals surface area contributed by atoms with Crippen LogP contribution in [-0.2, 0) is 27.6 Å². The van der Waals surface area contributed by atoms with Gasteiger partial charge < -0.3 is 5.11 Å². The number of thioether (sulfide) groups is 1. The van der Waals surface area contributed by atoms with Gasteiger partial charge in [-0.05, 0) is 42.7 Å². The van der Waals surface area contributed by atoms with E-state index in [0.29, 0.717) is 5.56 Å². The highest BCUT2D eigenvalue weighted by Crippen LogP contribution is 2.34. The van der Waals surface area contributed by atoms with Crippen LogP contribution in [0.15, 0.2) is 58.3 Å². The third-order valence-corrected chi connectivity index (χ3v) is 6.92. The quantitative estimate of drug-likeness (QED) is 0.477. The number of sulfonamides is 1. The number of carbonyl (C=O) groups excluding carboxylic acids is 1. The Bertz CT molecular complexity index is 1270. The summed E-state index contributed by atoms with van der Waals surface area (Å²) in [6.45, 7) is 0.750. The molecule has 1 amide bonds. The van der Waals surface area contributed by atoms with Gasteiger partial charge in [-0.3, -0.25) is 4.79 Å². The first-order chi connectivity index (χ1) is 15.5. The van der Waals surface area contributed by atoms with Crippen molar-refractivity contribution in [3.05, 3.63) is 59.8 Å². The van der Waals surface area contributed by atoms with Gasteiger partial charge in [0.2, 0.25) is 5.91 Å². The molecule has 1 heterocycles. The topological polar surface area (TPSA) is 101 Å². The van der Waals surface area contributed by atoms with Crippen LogP contribution in [0.5, 0.6) is 0 Å². The van der Waals surface area contributed by atoms with Crippen LogP contribution in [0.1, 0.15) is 24.6 Å². The molecule has 3 rings (SSSR count). The average Bonchev–Trinajstić information content (AvgIpc) is 3.24. The van der Waals surface area contributed by atoms with Gasteiger partial charge in [0, 0.05) is 22.4 Å². The van der Waals surface area contributed by atoms with Crippen LogP contribution in [0, 0.1) is 0 Å². The molecule has 0 aliphatic carbocycles. The minimum absolute atomic E-state index is 0.0715. The minimum Gasteiger partial charge on any atom is -0.392 e. The van der Waals surface area contributed by atoms with E-state index in [4.69, 9.17) is 0 Å². The van der Waals surface area contributed by atoms with Crippen molar-refractivity contribution in [3.8, 4) is 16.9 Å². The van der Waals surface area contributed by atoms with Crippen molar-refractivity contribution in [3.63, 3.8) is 0 Å². The van der Waals surface area contributed by atoms with Crippen LogP contribution >= 0.6 is 11.8 Å². The molecular weight excluding hydrogens is 479 g/mol. The lowest BCUT2D eigenvalue weighted by molar-refractivity contribution is -0.141. The van der Waals surface area contributed by atoms with Crippen molar-refractivity contribution >= 4 is 27.7 Å². The highest BCUT2D eigenvalue weighted by Gasteiger charge is 2.35. The Hall–Kier alpha value is -2.83. The van der Waals surface area contributed by atoms with Gasteiger partial charge in [-0.15, -0.1) is 11.8 Å². The minimum atomic E-state index is -4.70. The second-order valence-electron chi connectivity index (χ2n) is 6.89. The van der Waals surface area contributed by atoms with Crippen molar-refractivity contribution in [2.45, 2.75) is 35.9 Å². The summed E-state index contributed by atoms with van der Waals surface area (Å²) < 4.78 is 68.2. The maximum absolute atomic E-state index is 13.4. The van der Waals surface area contributed by atoms with Crippen LogP contribution in [0.2, 0.25) is 0 Å². The predicted molar refractivity (Wildman–Crippen MR) is 117 cm³/mol. The first-order valence-electron chi connectivity index (χ1n) is 9.61. The van der Waals surface area contributed by atoms with Crippen molar-refractivity contribution in [2.24, 2.45) is 0 Å². The first kappa shape index (κ1) is 24.8. The number of nitrogens with one attached hydrogen (secondary N) is 1. The Morgan fingerprint density at radius 2 is 1.82 bits per heavy atom. The molecule has 0 atom stereocenters. The molecule has 0 fully saturated rings. The lowest BCUT2D eigenvalue weighted by Gasteiger charge is -2.13. The molecule has 0 bridgehead atoms. The van der Waals surface area contributed by atoms with Crippen LogP contribution in [0.4, 0.5) is 13.2 Å². The lowest BCUT2D eigenvalue weighted by atomic mass is 10.1. The predicted octanol–water partition coefficient (Wildman–Crippen LogP) is 3.99. The van der Waals surface area contributed by atoms with E-state index in [1.54, 1.807) is 24.3 Å². The van der Waals surface area contributed by atoms with Gasteiger partial charge in [0.25, 0.3) is 10.0 Å². The van der Waals surface area contributed by atoms with E-state index in [1.807, 2.05) is 11.0 Å². The van der Waals surface area contributed by atoms with E-state index in [1.165, 1.54) is 30.8 Å². The largest absolute Gasteiger partial charge is 0.435 e. The van der Waals surface area contributed by atoms with E-state index in [-0.39, 0.29) is 28.3 Å². The van der Waals surface area contributed by atoms with Crippen molar-refractivity contribution in [2.75, 3.05) is 6.26 Å². The Morgan fingerprint density at radius 3 is 2.36 bits per heavy atom. The number of hydrogen-bond donors (Lipinski definition) is 2. The monoisotopic (exact) mass is 499 g/mol. The molecular formula is C21H20F3N3O4S2. The van der Waals surface area contributed by atoms with E-state index in [0.717, 1.165) is 21.7 Å². The zero-order chi connectivity index (χ0) is 24.4. The first-order valence-corrected chi connectivity index (χ1v) is 12.3. The van der Waals surface area contributed by atoms with Crippen molar-refractivity contribution < 1.29 is 31.5 Å². The molecule has 2 N–H and O–H groups in total. The molecule has 0 saturated carbocycles. The second kappa shape index (κ2) is 9.57. The molecule has 176 valence electrons. The summed E-state index contributed by atoms with van der Waals surface area (Å²) in [7, 11) is -4.27. The van der Waals surface area contributed by atoms with Gasteiger partial charge in [-0.25, -0.2) is 17.8 Å². The fourth-order valence-electron chi connectivity index (χ4n) is 3.04. The molecule has 33 heavy (non-hydrogen) atoms. The maximum Gasteiger partial charge on any atom is 0.435 e. The molecule has 2 aromatic carbocycles. The number of amides is 1. The van der Waals surface area contributed by atoms with Crippen molar-refractivity contribution in [1.82, 2.24) is 14.5 Å². The summed E-state index contributed by atoms with van der Waals surface area (Å²) in [6.07, 6.45) is -2.90. The van der Waals surface area contributed by atoms with E-state index in [2.05, 4.69) is 5.10 Å². The number of benzene rings is 2. The van der Waals surface area contributed by atoms with Gasteiger partial charge in [0.15, 0.2) is 5.69 Å². The zero-order valence-electron chi connectivity index (χ0n) is 17.5. The highest BCUT2D eigenvalue weighted by atomic mass is 32.2. The van der Waals surface area contributed by atoms with Crippen LogP contribution in [-0.4, -0.2) is 35.5 Å². The molecule has 7 nitrogen and oxygen atoms in total. The molecule has 12 heteroatoms. The zero-order valence-corrected chi connectivity index (χ0v) is 19.2. The van der Waals surface area contributed by atoms with E-state index in [9.17, 15) is 31.5 Å². The van der Waals surface area contributed by atoms with Crippen LogP contribution < -0.4 is 4.72 Å². The van der Waals surface area contributed by atoms with E-state index < -0.39 is 34.4 Å². The van der Waals surface area contributed by atoms with Gasteiger partial charge in [-0.1, -0.05) is 19.1 Å². The number of halogens is 3. The molecule has 0 aliphatic rings. The molecule has 0 unspecified atom stereocenters. The number of hydrogen-bond acceptors (Lipinski definition) is 6.